The Bertz CT molecular complexity index is 29.6. The smallest absolute Gasteiger partial charge is 0.135 e. The highest BCUT2D eigenvalue weighted by Crippen LogP contribution is 1.80. The quantitative estimate of drug-likeness (QED) is 0.481. The lowest BCUT2D eigenvalue weighted by molar-refractivity contribution is 0.0588. The molecule has 0 fully saturated rings. The molecule has 2 heteroatoms. The SMILES string of the molecule is CCN(CC)C[O]. The molecule has 1 radical (unpaired) electrons. The molecule has 0 rings (SSSR count). The minimum absolute atomic E-state index is 0.0625. The fourth-order valence-electron chi connectivity index (χ4n) is 0.406. The van der Waals surface area contributed by atoms with Crippen LogP contribution in [-0.2, 0) is 5.11 Å². The van der Waals surface area contributed by atoms with Gasteiger partial charge in [0.2, 0.25) is 0 Å². The van der Waals surface area contributed by atoms with Crippen LogP contribution in [0.2, 0.25) is 0 Å². The number of hydrogen-bond acceptors (Lipinski definition) is 1. The summed E-state index contributed by atoms with van der Waals surface area (Å²) < 4.78 is 0. The summed E-state index contributed by atoms with van der Waals surface area (Å²) >= 11 is 0. The molecule has 2 nitrogen and oxygen atoms in total. The fourth-order valence-corrected chi connectivity index (χ4v) is 0.406. The van der Waals surface area contributed by atoms with Gasteiger partial charge in [-0.05, 0) is 13.1 Å². The molecule has 0 spiro atoms. The minimum atomic E-state index is -0.0625. The maximum atomic E-state index is 10.0. The van der Waals surface area contributed by atoms with E-state index in [0.29, 0.717) is 0 Å². The maximum absolute atomic E-state index is 10.0. The molecule has 0 N–H and O–H groups in total. The van der Waals surface area contributed by atoms with Gasteiger partial charge >= 0.3 is 0 Å². The molecule has 0 atom stereocenters. The summed E-state index contributed by atoms with van der Waals surface area (Å²) in [5, 5.41) is 10.0. The largest absolute Gasteiger partial charge is 0.279 e. The molecule has 0 heterocycles. The Hall–Kier alpha value is -0.0800. The van der Waals surface area contributed by atoms with E-state index in [-0.39, 0.29) is 6.73 Å². The molecular formula is C5H12NO. The van der Waals surface area contributed by atoms with Crippen molar-refractivity contribution in [3.05, 3.63) is 0 Å². The Balaban J connectivity index is 2.99. The van der Waals surface area contributed by atoms with E-state index in [0.717, 1.165) is 13.1 Å². The highest BCUT2D eigenvalue weighted by Gasteiger charge is 1.91. The summed E-state index contributed by atoms with van der Waals surface area (Å²) in [5.74, 6) is 0. The second-order valence-electron chi connectivity index (χ2n) is 1.43. The molecule has 0 aromatic heterocycles. The predicted octanol–water partition coefficient (Wildman–Crippen LogP) is 0.716. The van der Waals surface area contributed by atoms with Crippen molar-refractivity contribution in [3.63, 3.8) is 0 Å². The van der Waals surface area contributed by atoms with Crippen molar-refractivity contribution in [2.45, 2.75) is 13.8 Å². The second kappa shape index (κ2) is 4.09. The monoisotopic (exact) mass is 102 g/mol. The van der Waals surface area contributed by atoms with Gasteiger partial charge < -0.3 is 0 Å². The molecule has 0 saturated heterocycles. The van der Waals surface area contributed by atoms with Gasteiger partial charge in [0.05, 0.1) is 0 Å². The van der Waals surface area contributed by atoms with E-state index in [1.54, 1.807) is 0 Å². The van der Waals surface area contributed by atoms with Crippen LogP contribution in [0.25, 0.3) is 0 Å². The van der Waals surface area contributed by atoms with Gasteiger partial charge in [-0.3, -0.25) is 4.90 Å². The van der Waals surface area contributed by atoms with E-state index in [4.69, 9.17) is 0 Å². The molecule has 0 unspecified atom stereocenters. The molecule has 0 aliphatic rings. The number of hydrogen-bond donors (Lipinski definition) is 0. The molecule has 0 bridgehead atoms. The van der Waals surface area contributed by atoms with Crippen LogP contribution < -0.4 is 0 Å². The van der Waals surface area contributed by atoms with Crippen LogP contribution in [-0.4, -0.2) is 24.7 Å². The first-order valence-electron chi connectivity index (χ1n) is 2.65. The molecule has 43 valence electrons. The van der Waals surface area contributed by atoms with Gasteiger partial charge in [-0.2, -0.15) is 0 Å². The molecule has 0 saturated carbocycles. The third kappa shape index (κ3) is 2.60. The van der Waals surface area contributed by atoms with E-state index in [2.05, 4.69) is 0 Å². The summed E-state index contributed by atoms with van der Waals surface area (Å²) in [4.78, 5) is 1.82. The molecule has 0 aliphatic heterocycles. The minimum Gasteiger partial charge on any atom is -0.279 e. The van der Waals surface area contributed by atoms with Crippen LogP contribution in [0.4, 0.5) is 0 Å². The zero-order chi connectivity index (χ0) is 5.70. The van der Waals surface area contributed by atoms with E-state index in [9.17, 15) is 5.11 Å². The highest BCUT2D eigenvalue weighted by atomic mass is 16.3. The van der Waals surface area contributed by atoms with Gasteiger partial charge in [0.15, 0.2) is 0 Å². The van der Waals surface area contributed by atoms with Crippen LogP contribution in [0, 0.1) is 0 Å². The standard InChI is InChI=1S/C5H12NO/c1-3-6(4-2)5-7/h3-5H2,1-2H3. The maximum Gasteiger partial charge on any atom is 0.135 e. The van der Waals surface area contributed by atoms with E-state index >= 15 is 0 Å². The van der Waals surface area contributed by atoms with Crippen LogP contribution >= 0.6 is 0 Å². The normalized spacial score (nSPS) is 10.3. The molecule has 0 aliphatic carbocycles. The Labute approximate surface area is 44.8 Å². The lowest BCUT2D eigenvalue weighted by atomic mass is 10.6. The predicted molar refractivity (Wildman–Crippen MR) is 28.5 cm³/mol. The number of nitrogens with zero attached hydrogens (tertiary/aromatic N) is 1. The van der Waals surface area contributed by atoms with Crippen LogP contribution in [0.15, 0.2) is 0 Å². The van der Waals surface area contributed by atoms with Crippen LogP contribution in [0.5, 0.6) is 0 Å². The Kier molecular flexibility index (Phi) is 4.04. The topological polar surface area (TPSA) is 23.1 Å². The summed E-state index contributed by atoms with van der Waals surface area (Å²) in [6, 6.07) is 0. The zero-order valence-electron chi connectivity index (χ0n) is 4.98. The lowest BCUT2D eigenvalue weighted by Gasteiger charge is -2.10. The average molecular weight is 102 g/mol. The fraction of sp³-hybridized carbons (Fsp3) is 1.00. The van der Waals surface area contributed by atoms with Gasteiger partial charge in [0, 0.05) is 0 Å². The molecular weight excluding hydrogens is 90.1 g/mol. The first-order chi connectivity index (χ1) is 3.35. The summed E-state index contributed by atoms with van der Waals surface area (Å²) in [5.41, 5.74) is 0. The molecule has 0 aromatic rings. The Morgan fingerprint density at radius 3 is 1.71 bits per heavy atom. The number of rotatable bonds is 3. The Morgan fingerprint density at radius 1 is 1.29 bits per heavy atom. The van der Waals surface area contributed by atoms with Crippen LogP contribution in [0.1, 0.15) is 13.8 Å². The average Bonchev–Trinajstić information content (AvgIpc) is 1.72. The second-order valence-corrected chi connectivity index (χ2v) is 1.43. The third-order valence-electron chi connectivity index (χ3n) is 1.08. The van der Waals surface area contributed by atoms with Gasteiger partial charge in [0.25, 0.3) is 0 Å². The summed E-state index contributed by atoms with van der Waals surface area (Å²) in [6.07, 6.45) is 0. The molecule has 7 heavy (non-hydrogen) atoms. The summed E-state index contributed by atoms with van der Waals surface area (Å²) in [6.45, 7) is 5.66. The first kappa shape index (κ1) is 6.92. The van der Waals surface area contributed by atoms with Crippen molar-refractivity contribution < 1.29 is 5.11 Å². The Morgan fingerprint density at radius 2 is 1.71 bits per heavy atom. The van der Waals surface area contributed by atoms with Crippen molar-refractivity contribution in [3.8, 4) is 0 Å². The first-order valence-corrected chi connectivity index (χ1v) is 2.65. The highest BCUT2D eigenvalue weighted by molar-refractivity contribution is 4.39. The lowest BCUT2D eigenvalue weighted by Crippen LogP contribution is -2.22. The van der Waals surface area contributed by atoms with Crippen LogP contribution in [0.3, 0.4) is 0 Å². The van der Waals surface area contributed by atoms with Gasteiger partial charge in [-0.15, -0.1) is 0 Å². The van der Waals surface area contributed by atoms with Crippen molar-refractivity contribution in [2.24, 2.45) is 0 Å². The van der Waals surface area contributed by atoms with Gasteiger partial charge in [-0.25, -0.2) is 5.11 Å². The van der Waals surface area contributed by atoms with E-state index in [1.165, 1.54) is 0 Å². The van der Waals surface area contributed by atoms with Crippen molar-refractivity contribution in [1.82, 2.24) is 4.90 Å². The van der Waals surface area contributed by atoms with Crippen molar-refractivity contribution in [1.29, 1.82) is 0 Å². The summed E-state index contributed by atoms with van der Waals surface area (Å²) in [7, 11) is 0. The van der Waals surface area contributed by atoms with Gasteiger partial charge in [0.1, 0.15) is 6.73 Å². The van der Waals surface area contributed by atoms with Crippen molar-refractivity contribution >= 4 is 0 Å². The van der Waals surface area contributed by atoms with Gasteiger partial charge in [-0.1, -0.05) is 13.8 Å². The van der Waals surface area contributed by atoms with E-state index < -0.39 is 0 Å². The molecule has 0 aromatic carbocycles. The van der Waals surface area contributed by atoms with Crippen molar-refractivity contribution in [2.75, 3.05) is 19.8 Å². The third-order valence-corrected chi connectivity index (χ3v) is 1.08. The zero-order valence-corrected chi connectivity index (χ0v) is 4.98. The molecule has 0 amide bonds. The van der Waals surface area contributed by atoms with E-state index in [1.807, 2.05) is 18.7 Å².